The van der Waals surface area contributed by atoms with Crippen molar-refractivity contribution >= 4 is 39.6 Å². The summed E-state index contributed by atoms with van der Waals surface area (Å²) in [4.78, 5) is 32.6. The maximum Gasteiger partial charge on any atom is 0.296 e. The fourth-order valence-electron chi connectivity index (χ4n) is 1.90. The molecule has 0 aromatic heterocycles. The Balaban J connectivity index is 2.64. The monoisotopic (exact) mass is 313 g/mol. The van der Waals surface area contributed by atoms with Gasteiger partial charge < -0.3 is 0 Å². The predicted molar refractivity (Wildman–Crippen MR) is 65.8 cm³/mol. The van der Waals surface area contributed by atoms with E-state index in [1.165, 1.54) is 6.07 Å². The normalized spacial score (nSPS) is 14.1. The van der Waals surface area contributed by atoms with Gasteiger partial charge in [0, 0.05) is 17.0 Å². The van der Waals surface area contributed by atoms with E-state index in [9.17, 15) is 19.7 Å². The SMILES string of the molecule is O=CNN1C(=O)CCc2cc(Br)cc([N+](=O)[O-])c21. The van der Waals surface area contributed by atoms with Crippen LogP contribution in [0.5, 0.6) is 0 Å². The number of rotatable bonds is 3. The number of carbonyl (C=O) groups is 2. The Bertz CT molecular complexity index is 546. The van der Waals surface area contributed by atoms with Crippen LogP contribution in [0.2, 0.25) is 0 Å². The molecule has 94 valence electrons. The lowest BCUT2D eigenvalue weighted by molar-refractivity contribution is -0.384. The number of hydrogen-bond donors (Lipinski definition) is 1. The van der Waals surface area contributed by atoms with Gasteiger partial charge in [-0.2, -0.15) is 0 Å². The van der Waals surface area contributed by atoms with Crippen LogP contribution in [0.3, 0.4) is 0 Å². The van der Waals surface area contributed by atoms with Gasteiger partial charge in [0.05, 0.1) is 4.92 Å². The molecule has 0 unspecified atom stereocenters. The van der Waals surface area contributed by atoms with Crippen LogP contribution in [0.4, 0.5) is 11.4 Å². The molecule has 18 heavy (non-hydrogen) atoms. The zero-order valence-corrected chi connectivity index (χ0v) is 10.6. The molecule has 0 radical (unpaired) electrons. The molecule has 1 aromatic rings. The summed E-state index contributed by atoms with van der Waals surface area (Å²) in [6.07, 6.45) is 0.922. The molecule has 0 bridgehead atoms. The number of carbonyl (C=O) groups excluding carboxylic acids is 2. The van der Waals surface area contributed by atoms with Crippen LogP contribution in [-0.4, -0.2) is 17.2 Å². The van der Waals surface area contributed by atoms with Gasteiger partial charge in [0.25, 0.3) is 5.69 Å². The van der Waals surface area contributed by atoms with Crippen molar-refractivity contribution in [2.45, 2.75) is 12.8 Å². The van der Waals surface area contributed by atoms with Gasteiger partial charge in [-0.05, 0) is 18.1 Å². The van der Waals surface area contributed by atoms with Gasteiger partial charge in [-0.3, -0.25) is 25.1 Å². The molecule has 1 aliphatic heterocycles. The first-order valence-electron chi connectivity index (χ1n) is 5.04. The number of anilines is 1. The Morgan fingerprint density at radius 3 is 2.78 bits per heavy atom. The van der Waals surface area contributed by atoms with E-state index >= 15 is 0 Å². The van der Waals surface area contributed by atoms with Crippen LogP contribution >= 0.6 is 15.9 Å². The van der Waals surface area contributed by atoms with Crippen molar-refractivity contribution in [1.82, 2.24) is 5.43 Å². The number of nitrogens with zero attached hydrogens (tertiary/aromatic N) is 2. The number of nitrogens with one attached hydrogen (secondary N) is 1. The van der Waals surface area contributed by atoms with Gasteiger partial charge in [-0.15, -0.1) is 0 Å². The molecule has 8 heteroatoms. The third kappa shape index (κ3) is 2.06. The number of amides is 2. The van der Waals surface area contributed by atoms with E-state index in [1.54, 1.807) is 6.07 Å². The maximum atomic E-state index is 11.7. The minimum Gasteiger partial charge on any atom is -0.277 e. The molecule has 1 aliphatic rings. The van der Waals surface area contributed by atoms with Crippen LogP contribution in [0.15, 0.2) is 16.6 Å². The second-order valence-electron chi connectivity index (χ2n) is 3.67. The van der Waals surface area contributed by atoms with E-state index in [-0.39, 0.29) is 23.7 Å². The molecule has 0 atom stereocenters. The highest BCUT2D eigenvalue weighted by Gasteiger charge is 2.32. The Morgan fingerprint density at radius 2 is 2.17 bits per heavy atom. The number of aryl methyl sites for hydroxylation is 1. The van der Waals surface area contributed by atoms with Crippen LogP contribution in [-0.2, 0) is 16.0 Å². The zero-order chi connectivity index (χ0) is 13.3. The Kier molecular flexibility index (Phi) is 3.28. The van der Waals surface area contributed by atoms with Crippen LogP contribution < -0.4 is 10.4 Å². The molecule has 0 aliphatic carbocycles. The van der Waals surface area contributed by atoms with E-state index in [4.69, 9.17) is 0 Å². The van der Waals surface area contributed by atoms with Crippen LogP contribution in [0, 0.1) is 10.1 Å². The first-order chi connectivity index (χ1) is 8.54. The molecule has 0 saturated carbocycles. The lowest BCUT2D eigenvalue weighted by Gasteiger charge is -2.27. The van der Waals surface area contributed by atoms with E-state index < -0.39 is 4.92 Å². The van der Waals surface area contributed by atoms with E-state index in [2.05, 4.69) is 21.4 Å². The molecule has 0 saturated heterocycles. The van der Waals surface area contributed by atoms with Gasteiger partial charge in [-0.25, -0.2) is 5.01 Å². The van der Waals surface area contributed by atoms with Crippen LogP contribution in [0.1, 0.15) is 12.0 Å². The second kappa shape index (κ2) is 4.73. The van der Waals surface area contributed by atoms with Gasteiger partial charge in [0.2, 0.25) is 12.3 Å². The van der Waals surface area contributed by atoms with Crippen LogP contribution in [0.25, 0.3) is 0 Å². The van der Waals surface area contributed by atoms with Gasteiger partial charge in [0.15, 0.2) is 0 Å². The first kappa shape index (κ1) is 12.5. The molecular weight excluding hydrogens is 306 g/mol. The minimum absolute atomic E-state index is 0.131. The van der Waals surface area contributed by atoms with Crippen molar-refractivity contribution in [3.05, 3.63) is 32.3 Å². The van der Waals surface area contributed by atoms with E-state index in [0.717, 1.165) is 5.01 Å². The van der Waals surface area contributed by atoms with Crippen molar-refractivity contribution in [1.29, 1.82) is 0 Å². The number of nitro groups is 1. The summed E-state index contributed by atoms with van der Waals surface area (Å²) in [6.45, 7) is 0. The molecule has 0 fully saturated rings. The van der Waals surface area contributed by atoms with Gasteiger partial charge >= 0.3 is 0 Å². The number of hydrazine groups is 1. The van der Waals surface area contributed by atoms with Crippen molar-refractivity contribution in [3.63, 3.8) is 0 Å². The molecule has 7 nitrogen and oxygen atoms in total. The molecule has 1 heterocycles. The van der Waals surface area contributed by atoms with Gasteiger partial charge in [-0.1, -0.05) is 15.9 Å². The number of halogens is 1. The van der Waals surface area contributed by atoms with E-state index in [0.29, 0.717) is 22.9 Å². The summed E-state index contributed by atoms with van der Waals surface area (Å²) in [5, 5.41) is 11.9. The minimum atomic E-state index is -0.582. The molecule has 1 N–H and O–H groups in total. The van der Waals surface area contributed by atoms with Crippen molar-refractivity contribution in [3.8, 4) is 0 Å². The fourth-order valence-corrected chi connectivity index (χ4v) is 2.39. The Hall–Kier alpha value is -1.96. The quantitative estimate of drug-likeness (QED) is 0.517. The summed E-state index contributed by atoms with van der Waals surface area (Å²) in [5.74, 6) is -0.375. The average Bonchev–Trinajstić information content (AvgIpc) is 2.32. The van der Waals surface area contributed by atoms with Gasteiger partial charge in [0.1, 0.15) is 5.69 Å². The summed E-state index contributed by atoms with van der Waals surface area (Å²) >= 11 is 3.19. The Morgan fingerprint density at radius 1 is 1.44 bits per heavy atom. The topological polar surface area (TPSA) is 92.6 Å². The molecule has 1 aromatic carbocycles. The standard InChI is InChI=1S/C10H8BrN3O4/c11-7-3-6-1-2-9(16)13(12-5-15)10(6)8(4-7)14(17)18/h3-5H,1-2H2,(H,12,15). The molecule has 2 amide bonds. The highest BCUT2D eigenvalue weighted by molar-refractivity contribution is 9.10. The summed E-state index contributed by atoms with van der Waals surface area (Å²) in [6, 6.07) is 3.01. The highest BCUT2D eigenvalue weighted by atomic mass is 79.9. The predicted octanol–water partition coefficient (Wildman–Crippen LogP) is 1.30. The van der Waals surface area contributed by atoms with E-state index in [1.807, 2.05) is 0 Å². The highest BCUT2D eigenvalue weighted by Crippen LogP contribution is 2.38. The third-order valence-corrected chi connectivity index (χ3v) is 3.05. The number of fused-ring (bicyclic) bond motifs is 1. The smallest absolute Gasteiger partial charge is 0.277 e. The van der Waals surface area contributed by atoms with Crippen molar-refractivity contribution < 1.29 is 14.5 Å². The summed E-state index contributed by atoms with van der Waals surface area (Å²) in [7, 11) is 0. The maximum absolute atomic E-state index is 11.7. The van der Waals surface area contributed by atoms with Crippen molar-refractivity contribution in [2.75, 3.05) is 5.01 Å². The Labute approximate surface area is 110 Å². The number of hydrogen-bond acceptors (Lipinski definition) is 4. The average molecular weight is 314 g/mol. The first-order valence-corrected chi connectivity index (χ1v) is 5.83. The molecule has 2 rings (SSSR count). The summed E-state index contributed by atoms with van der Waals surface area (Å²) in [5.41, 5.74) is 2.74. The largest absolute Gasteiger partial charge is 0.296 e. The number of benzene rings is 1. The number of nitro benzene ring substituents is 1. The second-order valence-corrected chi connectivity index (χ2v) is 4.58. The molecule has 0 spiro atoms. The third-order valence-electron chi connectivity index (χ3n) is 2.59. The molecular formula is C10H8BrN3O4. The zero-order valence-electron chi connectivity index (χ0n) is 9.05. The summed E-state index contributed by atoms with van der Waals surface area (Å²) < 4.78 is 0.563. The lowest BCUT2D eigenvalue weighted by Crippen LogP contribution is -2.45. The van der Waals surface area contributed by atoms with Crippen molar-refractivity contribution in [2.24, 2.45) is 0 Å². The lowest BCUT2D eigenvalue weighted by atomic mass is 10.0. The fraction of sp³-hybridized carbons (Fsp3) is 0.200.